The van der Waals surface area contributed by atoms with E-state index in [-0.39, 0.29) is 37.5 Å². The Labute approximate surface area is 771 Å². The minimum absolute atomic E-state index is 0.0324. The Kier molecular flexibility index (Phi) is 35.9. The fourth-order valence-corrected chi connectivity index (χ4v) is 19.4. The number of carbonyl (C=O) groups is 9. The molecule has 7 heterocycles. The van der Waals surface area contributed by atoms with Crippen LogP contribution in [0.25, 0.3) is 11.1 Å². The molecule has 18 atom stereocenters. The van der Waals surface area contributed by atoms with Gasteiger partial charge in [-0.05, 0) is 117 Å². The van der Waals surface area contributed by atoms with Gasteiger partial charge in [0.1, 0.15) is 89.5 Å². The number of nitrogens with zero attached hydrogens (tertiary/aromatic N) is 1. The maximum absolute atomic E-state index is 16.4. The minimum atomic E-state index is -5.59. The second-order valence-corrected chi connectivity index (χ2v) is 40.2. The summed E-state index contributed by atoms with van der Waals surface area (Å²) in [5.74, 6) is -19.1. The zero-order valence-electron chi connectivity index (χ0n) is 72.8. The van der Waals surface area contributed by atoms with E-state index in [1.54, 1.807) is 13.8 Å². The van der Waals surface area contributed by atoms with E-state index in [1.807, 2.05) is 0 Å². The number of carboxylic acid groups (broad SMARTS) is 1. The zero-order valence-corrected chi connectivity index (χ0v) is 76.9. The molecule has 2 fully saturated rings. The number of aliphatic carboxylic acids is 1. The molecule has 0 radical (unpaired) electrons. The molecule has 50 heteroatoms. The first-order chi connectivity index (χ1) is 62.4. The van der Waals surface area contributed by atoms with Gasteiger partial charge in [-0.25, -0.2) is 4.79 Å². The summed E-state index contributed by atoms with van der Waals surface area (Å²) in [6, 6.07) is -3.45. The van der Waals surface area contributed by atoms with Crippen molar-refractivity contribution in [3.8, 4) is 57.1 Å². The van der Waals surface area contributed by atoms with Gasteiger partial charge in [0.15, 0.2) is 35.3 Å². The maximum atomic E-state index is 16.4. The number of unbranched alkanes of at least 4 members (excludes halogenated alkanes) is 7. The van der Waals surface area contributed by atoms with Crippen LogP contribution in [0.5, 0.6) is 46.0 Å². The Morgan fingerprint density at radius 3 is 1.84 bits per heavy atom. The summed E-state index contributed by atoms with van der Waals surface area (Å²) in [4.78, 5) is 194. The molecule has 2 saturated heterocycles. The van der Waals surface area contributed by atoms with Gasteiger partial charge in [-0.1, -0.05) is 107 Å². The highest BCUT2D eigenvalue weighted by Gasteiger charge is 2.53. The van der Waals surface area contributed by atoms with E-state index < -0.39 is 324 Å². The molecule has 11 bridgehead atoms. The van der Waals surface area contributed by atoms with E-state index in [0.29, 0.717) is 18.9 Å². The van der Waals surface area contributed by atoms with Gasteiger partial charge in [-0.2, -0.15) is 0 Å². The van der Waals surface area contributed by atoms with Crippen LogP contribution in [0.3, 0.4) is 0 Å². The van der Waals surface area contributed by atoms with Gasteiger partial charge in [0.05, 0.1) is 59.6 Å². The monoisotopic (exact) mass is 1970 g/mol. The normalized spacial score (nSPS) is 25.6. The number of amides is 8. The average Bonchev–Trinajstić information content (AvgIpc) is 0.749. The number of aromatic hydroxyl groups is 3. The van der Waals surface area contributed by atoms with Crippen LogP contribution in [0.15, 0.2) is 72.8 Å². The van der Waals surface area contributed by atoms with Gasteiger partial charge in [0, 0.05) is 54.8 Å². The second kappa shape index (κ2) is 45.1. The van der Waals surface area contributed by atoms with E-state index in [2.05, 4.69) is 54.8 Å². The average molecular weight is 1970 g/mol. The number of carboxylic acids is 1. The molecule has 0 spiro atoms. The van der Waals surface area contributed by atoms with Crippen LogP contribution in [0.4, 0.5) is 0 Å². The number of aliphatic hydroxyl groups excluding tert-OH is 6. The summed E-state index contributed by atoms with van der Waals surface area (Å²) in [6.45, 7) is 6.11. The van der Waals surface area contributed by atoms with Gasteiger partial charge in [0.2, 0.25) is 59.3 Å². The van der Waals surface area contributed by atoms with E-state index in [9.17, 15) is 113 Å². The summed E-state index contributed by atoms with van der Waals surface area (Å²) in [6.07, 6.45) is -16.5. The molecule has 732 valence electrons. The van der Waals surface area contributed by atoms with Crippen molar-refractivity contribution in [3.63, 3.8) is 0 Å². The van der Waals surface area contributed by atoms with E-state index in [4.69, 9.17) is 57.4 Å². The summed E-state index contributed by atoms with van der Waals surface area (Å²) in [5.41, 5.74) is -0.271. The lowest BCUT2D eigenvalue weighted by Crippen LogP contribution is -2.66. The fraction of sp³-hybridized carbons (Fsp3) is 0.530. The molecule has 5 aromatic carbocycles. The van der Waals surface area contributed by atoms with Crippen molar-refractivity contribution in [2.75, 3.05) is 39.6 Å². The molecule has 0 saturated carbocycles. The smallest absolute Gasteiger partial charge is 0.341 e. The predicted molar refractivity (Wildman–Crippen MR) is 469 cm³/mol. The lowest BCUT2D eigenvalue weighted by atomic mass is 9.85. The molecule has 12 rings (SSSR count). The number of phenolic OH excluding ortho intramolecular Hbond substituents is 3. The molecule has 8 amide bonds. The minimum Gasteiger partial charge on any atom is -0.507 e. The first-order valence-electron chi connectivity index (χ1n) is 42.5. The van der Waals surface area contributed by atoms with Gasteiger partial charge >= 0.3 is 28.8 Å². The SMILES string of the molecule is CCCCCCCCCCN(CCN[C@@]1(C)C[C@H](O[C@H]2[C@H](Oc3c4cc5cc3Oc3ccc(cc3Cl)[C@@H](O)[C@@H](NC(=O)[C@@H](CC(C)C)NC)C(=O)N[C@@H](CC(N)=O)C(=O)N[C@H]5C(=O)N[C@H]3C(=O)N[C@H](C(=O)N[C@H](C(=O)O)c5cc(O)c(CNCP(=O)(O)O)c(O)c5-c5cc3ccc5O)[C@H](O)c3ccc(c(Cl)c3)O4)O[C@H](CO)[C@@H](O)[C@@H]2O)O[C@@H](C)[C@H]1O)C(=O)CC(P(=O)(O)O)P(=O)(O)O. The van der Waals surface area contributed by atoms with Crippen molar-refractivity contribution >= 4 is 99.2 Å². The Morgan fingerprint density at radius 1 is 0.684 bits per heavy atom. The third kappa shape index (κ3) is 26.3. The molecule has 27 N–H and O–H groups in total. The van der Waals surface area contributed by atoms with Crippen LogP contribution in [-0.4, -0.2) is 262 Å². The zero-order chi connectivity index (χ0) is 98.0. The second-order valence-electron chi connectivity index (χ2n) is 33.8. The highest BCUT2D eigenvalue weighted by Crippen LogP contribution is 2.62. The van der Waals surface area contributed by atoms with Crippen LogP contribution < -0.4 is 67.8 Å². The van der Waals surface area contributed by atoms with Gasteiger partial charge in [0.25, 0.3) is 0 Å². The Hall–Kier alpha value is -9.32. The lowest BCUT2D eigenvalue weighted by Gasteiger charge is -2.48. The van der Waals surface area contributed by atoms with Crippen molar-refractivity contribution in [1.82, 2.24) is 52.8 Å². The third-order valence-corrected chi connectivity index (χ3v) is 28.3. The molecule has 5 aromatic rings. The Bertz CT molecular complexity index is 5240. The quantitative estimate of drug-likeness (QED) is 0.0207. The number of aliphatic hydroxyl groups is 6. The van der Waals surface area contributed by atoms with Crippen molar-refractivity contribution in [2.45, 2.75) is 233 Å². The topological polar surface area (TPSA) is 721 Å². The summed E-state index contributed by atoms with van der Waals surface area (Å²) in [5, 5.41) is 138. The molecule has 0 aliphatic carbocycles. The number of rotatable bonds is 34. The molecular formula is C83H112Cl2N11O34P3. The Balaban J connectivity index is 1.16. The van der Waals surface area contributed by atoms with Crippen molar-refractivity contribution in [2.24, 2.45) is 11.7 Å². The first-order valence-corrected chi connectivity index (χ1v) is 48.4. The van der Waals surface area contributed by atoms with Crippen molar-refractivity contribution < 1.29 is 166 Å². The number of halogens is 2. The first kappa shape index (κ1) is 106. The fourth-order valence-electron chi connectivity index (χ4n) is 16.2. The third-order valence-electron chi connectivity index (χ3n) is 23.3. The standard InChI is InChI=1S/C83H112Cl2N11O34P3/c1-7-8-9-10-11-12-13-14-22-96(58(101)32-60(132(119,120)121)133(122,123)124)23-21-89-83(5)33-59(125-38(4)74(83)107)129-73-71(106)70(105)56(35-97)128-82(73)130-72-54-28-42-29-55(72)127-53-20-17-41(27-47(53)85)68(103)66-80(113)93-64(81(114)115)44-30-51(99)45(34-88-36-131(116,117)118)69(104)61(44)43-25-39(15-18-50(43)98)62(77(110)95-66)92-78(111)63(42)91-76(109)49(31-57(86)100)90-79(112)65(94-75(108)48(87-6)24-37(2)3)67(102)40-16-19-52(126-54)46(84)26-40/h15-20,25-30,37-38,48-49,56,59-60,62-68,70-71,73-74,82,87-89,97-99,102-107H,7-14,21-24,31-36H2,1-6H3,(H2,86,100)(H,90,112)(H,91,109)(H,92,111)(H,93,113)(H,94,108)(H,95,110)(H,114,115)(H2,116,117,118)(H2,119,120,121)(H2,122,123,124)/t38-,48+,49-,56+,59-,62+,63+,64-,65+,66-,67+,68+,70+,71-,73+,74+,82-,83-/m0/s1. The molecule has 7 aliphatic rings. The summed E-state index contributed by atoms with van der Waals surface area (Å²) >= 11 is 14.3. The molecule has 7 aliphatic heterocycles. The summed E-state index contributed by atoms with van der Waals surface area (Å²) < 4.78 is 76.2. The number of likely N-dealkylation sites (N-methyl/N-ethyl adjacent to an activating group) is 1. The molecule has 0 aromatic heterocycles. The molecular weight excluding hydrogens is 1860 g/mol. The number of carbonyl (C=O) groups excluding carboxylic acids is 8. The number of nitrogens with one attached hydrogen (secondary N) is 9. The largest absolute Gasteiger partial charge is 0.507 e. The van der Waals surface area contributed by atoms with Crippen LogP contribution in [0.2, 0.25) is 10.0 Å². The van der Waals surface area contributed by atoms with Crippen LogP contribution in [0, 0.1) is 5.92 Å². The van der Waals surface area contributed by atoms with E-state index in [0.717, 1.165) is 105 Å². The number of nitrogens with two attached hydrogens (primary N) is 1. The summed E-state index contributed by atoms with van der Waals surface area (Å²) in [7, 11) is -14.6. The van der Waals surface area contributed by atoms with Crippen LogP contribution in [-0.2, 0) is 77.6 Å². The number of benzene rings is 5. The number of fused-ring (bicyclic) bond motifs is 15. The molecule has 0 unspecified atom stereocenters. The van der Waals surface area contributed by atoms with E-state index >= 15 is 24.0 Å². The molecule has 45 nitrogen and oxygen atoms in total. The highest BCUT2D eigenvalue weighted by molar-refractivity contribution is 7.70. The van der Waals surface area contributed by atoms with Crippen LogP contribution >= 0.6 is 46.0 Å². The maximum Gasteiger partial charge on any atom is 0.341 e. The van der Waals surface area contributed by atoms with Crippen molar-refractivity contribution in [1.29, 1.82) is 0 Å². The van der Waals surface area contributed by atoms with E-state index in [1.165, 1.54) is 25.8 Å². The van der Waals surface area contributed by atoms with Crippen LogP contribution in [0.1, 0.15) is 175 Å². The van der Waals surface area contributed by atoms with Gasteiger partial charge < -0.3 is 167 Å². The number of primary amides is 1. The highest BCUT2D eigenvalue weighted by atomic mass is 35.5. The van der Waals surface area contributed by atoms with Gasteiger partial charge in [-0.3, -0.25) is 52.1 Å². The number of phenols is 3. The number of hydrogen-bond acceptors (Lipinski definition) is 30. The number of ether oxygens (including phenoxy) is 6. The Morgan fingerprint density at radius 2 is 1.27 bits per heavy atom. The van der Waals surface area contributed by atoms with Gasteiger partial charge in [-0.15, -0.1) is 0 Å². The molecule has 133 heavy (non-hydrogen) atoms. The lowest BCUT2D eigenvalue weighted by molar-refractivity contribution is -0.334. The number of hydrogen-bond donors (Lipinski definition) is 26. The van der Waals surface area contributed by atoms with Crippen molar-refractivity contribution in [3.05, 3.63) is 116 Å². The predicted octanol–water partition coefficient (Wildman–Crippen LogP) is 2.00.